The topological polar surface area (TPSA) is 103 Å². The molecule has 0 aliphatic carbocycles. The average Bonchev–Trinajstić information content (AvgIpc) is 2.93. The van der Waals surface area contributed by atoms with Crippen LogP contribution in [0, 0.1) is 13.8 Å². The van der Waals surface area contributed by atoms with Crippen molar-refractivity contribution < 1.29 is 24.5 Å². The second-order valence-electron chi connectivity index (χ2n) is 9.43. The highest BCUT2D eigenvalue weighted by molar-refractivity contribution is 8.13. The Balaban J connectivity index is 0.000000580. The van der Waals surface area contributed by atoms with Gasteiger partial charge < -0.3 is 24.7 Å². The standard InChI is InChI=1S/C26H37N3OS.C4H4O4/c1-21-12-13-25(20-22(21)2)30-19-9-8-16-29-17-14-24(15-18-29)28(3)26(31-4)27-23-10-6-5-7-11-23;5-3(6)1-2-4(7)8/h5-7,10-13,20,24H,8-9,14-19H2,1-4H3;1-2H,(H,5,6)(H,7,8)/b;2-1+. The van der Waals surface area contributed by atoms with Crippen molar-refractivity contribution >= 4 is 34.6 Å². The number of carbonyl (C=O) groups is 2. The average molecular weight is 556 g/mol. The van der Waals surface area contributed by atoms with E-state index in [1.165, 1.54) is 50.0 Å². The van der Waals surface area contributed by atoms with Gasteiger partial charge in [0.05, 0.1) is 12.3 Å². The second-order valence-corrected chi connectivity index (χ2v) is 10.2. The first-order chi connectivity index (χ1) is 18.7. The lowest BCUT2D eigenvalue weighted by Gasteiger charge is -2.37. The number of aryl methyl sites for hydroxylation is 2. The van der Waals surface area contributed by atoms with Crippen LogP contribution < -0.4 is 4.74 Å². The SMILES string of the molecule is CSC(=Nc1ccccc1)N(C)C1CCN(CCCCOc2ccc(C)c(C)c2)CC1.O=C(O)/C=C/C(=O)O. The maximum Gasteiger partial charge on any atom is 0.328 e. The number of para-hydroxylation sites is 1. The first-order valence-electron chi connectivity index (χ1n) is 13.2. The molecule has 0 bridgehead atoms. The van der Waals surface area contributed by atoms with Crippen molar-refractivity contribution in [3.05, 3.63) is 71.8 Å². The van der Waals surface area contributed by atoms with Gasteiger partial charge in [-0.3, -0.25) is 0 Å². The zero-order valence-corrected chi connectivity index (χ0v) is 24.2. The number of ether oxygens (including phenoxy) is 1. The van der Waals surface area contributed by atoms with Crippen molar-refractivity contribution in [3.63, 3.8) is 0 Å². The van der Waals surface area contributed by atoms with E-state index in [0.29, 0.717) is 18.2 Å². The van der Waals surface area contributed by atoms with Gasteiger partial charge in [0.1, 0.15) is 5.75 Å². The van der Waals surface area contributed by atoms with Crippen LogP contribution in [0.25, 0.3) is 0 Å². The zero-order chi connectivity index (χ0) is 28.6. The summed E-state index contributed by atoms with van der Waals surface area (Å²) in [5.41, 5.74) is 3.64. The summed E-state index contributed by atoms with van der Waals surface area (Å²) in [6.07, 6.45) is 7.93. The van der Waals surface area contributed by atoms with Crippen molar-refractivity contribution in [2.75, 3.05) is 39.5 Å². The summed E-state index contributed by atoms with van der Waals surface area (Å²) in [6, 6.07) is 17.2. The molecule has 1 aliphatic rings. The minimum absolute atomic E-state index is 0.558. The quantitative estimate of drug-likeness (QED) is 0.169. The predicted molar refractivity (Wildman–Crippen MR) is 159 cm³/mol. The number of likely N-dealkylation sites (tertiary alicyclic amines) is 1. The van der Waals surface area contributed by atoms with Gasteiger partial charge in [0.15, 0.2) is 5.17 Å². The smallest absolute Gasteiger partial charge is 0.328 e. The highest BCUT2D eigenvalue weighted by Gasteiger charge is 2.24. The molecule has 0 atom stereocenters. The number of aliphatic carboxylic acids is 2. The summed E-state index contributed by atoms with van der Waals surface area (Å²) in [7, 11) is 2.20. The molecule has 1 aliphatic heterocycles. The van der Waals surface area contributed by atoms with Gasteiger partial charge in [-0.15, -0.1) is 0 Å². The molecule has 2 aromatic carbocycles. The number of carboxylic acid groups (broad SMARTS) is 2. The molecule has 8 nitrogen and oxygen atoms in total. The van der Waals surface area contributed by atoms with E-state index in [2.05, 4.69) is 67.3 Å². The number of piperidine rings is 1. The van der Waals surface area contributed by atoms with Gasteiger partial charge in [0, 0.05) is 38.3 Å². The Morgan fingerprint density at radius 2 is 1.67 bits per heavy atom. The molecule has 1 heterocycles. The fourth-order valence-electron chi connectivity index (χ4n) is 4.14. The molecule has 0 radical (unpaired) electrons. The molecule has 0 aromatic heterocycles. The van der Waals surface area contributed by atoms with E-state index < -0.39 is 11.9 Å². The number of aliphatic imine (C=N–C) groups is 1. The molecule has 39 heavy (non-hydrogen) atoms. The summed E-state index contributed by atoms with van der Waals surface area (Å²) < 4.78 is 5.93. The Bertz CT molecular complexity index is 1080. The molecule has 2 aromatic rings. The first-order valence-corrected chi connectivity index (χ1v) is 14.4. The number of nitrogens with zero attached hydrogens (tertiary/aromatic N) is 3. The molecule has 0 spiro atoms. The van der Waals surface area contributed by atoms with Gasteiger partial charge in [-0.1, -0.05) is 36.0 Å². The number of carboxylic acids is 2. The molecule has 9 heteroatoms. The van der Waals surface area contributed by atoms with Gasteiger partial charge >= 0.3 is 11.9 Å². The van der Waals surface area contributed by atoms with Crippen molar-refractivity contribution in [3.8, 4) is 5.75 Å². The number of rotatable bonds is 10. The lowest BCUT2D eigenvalue weighted by Crippen LogP contribution is -2.45. The van der Waals surface area contributed by atoms with E-state index in [1.54, 1.807) is 11.8 Å². The predicted octanol–water partition coefficient (Wildman–Crippen LogP) is 5.62. The van der Waals surface area contributed by atoms with Crippen molar-refractivity contribution in [1.29, 1.82) is 0 Å². The fourth-order valence-corrected chi connectivity index (χ4v) is 4.78. The summed E-state index contributed by atoms with van der Waals surface area (Å²) >= 11 is 1.73. The van der Waals surface area contributed by atoms with E-state index in [0.717, 1.165) is 29.6 Å². The van der Waals surface area contributed by atoms with Crippen LogP contribution in [-0.2, 0) is 9.59 Å². The Kier molecular flexibility index (Phi) is 14.2. The van der Waals surface area contributed by atoms with Crippen LogP contribution >= 0.6 is 11.8 Å². The highest BCUT2D eigenvalue weighted by Crippen LogP contribution is 2.22. The third-order valence-electron chi connectivity index (χ3n) is 6.55. The number of benzene rings is 2. The van der Waals surface area contributed by atoms with Crippen LogP contribution in [-0.4, -0.2) is 82.7 Å². The van der Waals surface area contributed by atoms with E-state index in [1.807, 2.05) is 18.2 Å². The Morgan fingerprint density at radius 1 is 1.03 bits per heavy atom. The third kappa shape index (κ3) is 12.4. The lowest BCUT2D eigenvalue weighted by atomic mass is 10.0. The first kappa shape index (κ1) is 31.9. The molecular formula is C30H41N3O5S. The van der Waals surface area contributed by atoms with Gasteiger partial charge in [-0.2, -0.15) is 0 Å². The number of unbranched alkanes of at least 4 members (excludes halogenated alkanes) is 1. The van der Waals surface area contributed by atoms with Crippen LogP contribution in [0.4, 0.5) is 5.69 Å². The van der Waals surface area contributed by atoms with Crippen molar-refractivity contribution in [2.45, 2.75) is 45.6 Å². The Hall–Kier alpha value is -3.30. The monoisotopic (exact) mass is 555 g/mol. The van der Waals surface area contributed by atoms with E-state index in [-0.39, 0.29) is 0 Å². The van der Waals surface area contributed by atoms with Crippen molar-refractivity contribution in [1.82, 2.24) is 9.80 Å². The summed E-state index contributed by atoms with van der Waals surface area (Å²) in [6.45, 7) is 8.58. The summed E-state index contributed by atoms with van der Waals surface area (Å²) in [4.78, 5) is 28.9. The number of amidine groups is 1. The Morgan fingerprint density at radius 3 is 2.23 bits per heavy atom. The van der Waals surface area contributed by atoms with Gasteiger partial charge in [0.2, 0.25) is 0 Å². The van der Waals surface area contributed by atoms with Crippen molar-refractivity contribution in [2.24, 2.45) is 4.99 Å². The van der Waals surface area contributed by atoms with Gasteiger partial charge in [-0.25, -0.2) is 14.6 Å². The summed E-state index contributed by atoms with van der Waals surface area (Å²) in [5, 5.41) is 16.7. The van der Waals surface area contributed by atoms with E-state index >= 15 is 0 Å². The molecule has 3 rings (SSSR count). The third-order valence-corrected chi connectivity index (χ3v) is 7.30. The maximum atomic E-state index is 9.55. The maximum absolute atomic E-state index is 9.55. The summed E-state index contributed by atoms with van der Waals surface area (Å²) in [5.74, 6) is -1.52. The molecule has 0 amide bonds. The fraction of sp³-hybridized carbons (Fsp3) is 0.433. The molecule has 2 N–H and O–H groups in total. The molecule has 212 valence electrons. The van der Waals surface area contributed by atoms with E-state index in [4.69, 9.17) is 19.9 Å². The number of hydrogen-bond donors (Lipinski definition) is 2. The normalized spacial score (nSPS) is 14.5. The molecule has 0 unspecified atom stereocenters. The molecule has 1 saturated heterocycles. The zero-order valence-electron chi connectivity index (χ0n) is 23.4. The number of hydrogen-bond acceptors (Lipinski definition) is 6. The molecule has 1 fully saturated rings. The van der Waals surface area contributed by atoms with Crippen LogP contribution in [0.5, 0.6) is 5.75 Å². The highest BCUT2D eigenvalue weighted by atomic mass is 32.2. The minimum atomic E-state index is -1.26. The number of thioether (sulfide) groups is 1. The lowest BCUT2D eigenvalue weighted by molar-refractivity contribution is -0.134. The van der Waals surface area contributed by atoms with E-state index in [9.17, 15) is 9.59 Å². The minimum Gasteiger partial charge on any atom is -0.494 e. The van der Waals surface area contributed by atoms with Crippen LogP contribution in [0.15, 0.2) is 65.7 Å². The van der Waals surface area contributed by atoms with Gasteiger partial charge in [0.25, 0.3) is 0 Å². The molecular weight excluding hydrogens is 514 g/mol. The van der Waals surface area contributed by atoms with Crippen LogP contribution in [0.3, 0.4) is 0 Å². The second kappa shape index (κ2) is 17.3. The largest absolute Gasteiger partial charge is 0.494 e. The van der Waals surface area contributed by atoms with Gasteiger partial charge in [-0.05, 0) is 87.7 Å². The van der Waals surface area contributed by atoms with Crippen LogP contribution in [0.2, 0.25) is 0 Å². The Labute approximate surface area is 236 Å². The van der Waals surface area contributed by atoms with Crippen LogP contribution in [0.1, 0.15) is 36.8 Å². The molecule has 0 saturated carbocycles.